The van der Waals surface area contributed by atoms with Crippen molar-refractivity contribution in [1.82, 2.24) is 19.5 Å². The number of hydrogen-bond donors (Lipinski definition) is 3. The summed E-state index contributed by atoms with van der Waals surface area (Å²) in [6, 6.07) is 13.5. The number of rotatable bonds is 11. The lowest BCUT2D eigenvalue weighted by Crippen LogP contribution is -2.43. The van der Waals surface area contributed by atoms with Crippen LogP contribution in [0.2, 0.25) is 5.02 Å². The van der Waals surface area contributed by atoms with Gasteiger partial charge in [0, 0.05) is 31.8 Å². The average Bonchev–Trinajstić information content (AvgIpc) is 3.67. The Morgan fingerprint density at radius 1 is 1.18 bits per heavy atom. The SMILES string of the molecule is CC(=O)Nc1nc(OCCc2ccc(N(O)O)cc2)c2ncn([C@@H]3O[C@@H]4COP(=S)(Oc5ccccc5Cl)OC4C3OC3CCCCO3)c2n1. The molecule has 5 heterocycles. The number of fused-ring (bicyclic) bond motifs is 2. The van der Waals surface area contributed by atoms with Gasteiger partial charge in [-0.25, -0.2) is 4.98 Å². The molecule has 3 fully saturated rings. The third-order valence-electron chi connectivity index (χ3n) is 8.18. The highest BCUT2D eigenvalue weighted by molar-refractivity contribution is 8.07. The molecule has 0 bridgehead atoms. The van der Waals surface area contributed by atoms with E-state index in [-0.39, 0.29) is 41.9 Å². The Bertz CT molecular complexity index is 1880. The first-order valence-electron chi connectivity index (χ1n) is 15.9. The van der Waals surface area contributed by atoms with Crippen LogP contribution in [-0.2, 0) is 46.3 Å². The van der Waals surface area contributed by atoms with Crippen LogP contribution in [0.4, 0.5) is 11.6 Å². The number of benzene rings is 2. The molecule has 0 spiro atoms. The summed E-state index contributed by atoms with van der Waals surface area (Å²) >= 11 is 12.1. The first kappa shape index (κ1) is 34.9. The van der Waals surface area contributed by atoms with Gasteiger partial charge in [-0.2, -0.15) is 9.97 Å². The first-order valence-corrected chi connectivity index (χ1v) is 18.8. The van der Waals surface area contributed by atoms with E-state index in [1.807, 2.05) is 0 Å². The molecule has 3 aliphatic heterocycles. The number of aromatic nitrogens is 4. The van der Waals surface area contributed by atoms with E-state index in [0.29, 0.717) is 41.4 Å². The van der Waals surface area contributed by atoms with Crippen molar-refractivity contribution in [2.75, 3.05) is 30.4 Å². The molecule has 4 unspecified atom stereocenters. The van der Waals surface area contributed by atoms with Crippen molar-refractivity contribution in [3.05, 3.63) is 65.4 Å². The molecule has 19 heteroatoms. The molecule has 4 aromatic rings. The number of carbonyl (C=O) groups excluding carboxylic acids is 1. The summed E-state index contributed by atoms with van der Waals surface area (Å²) in [6.07, 6.45) is 1.11. The summed E-state index contributed by atoms with van der Waals surface area (Å²) in [5.74, 6) is 0.104. The lowest BCUT2D eigenvalue weighted by atomic mass is 10.1. The van der Waals surface area contributed by atoms with Crippen LogP contribution >= 0.6 is 18.3 Å². The zero-order chi connectivity index (χ0) is 34.8. The van der Waals surface area contributed by atoms with Gasteiger partial charge in [-0.15, -0.1) is 5.23 Å². The van der Waals surface area contributed by atoms with Crippen molar-refractivity contribution in [3.8, 4) is 11.6 Å². The molecule has 3 N–H and O–H groups in total. The zero-order valence-electron chi connectivity index (χ0n) is 26.7. The molecule has 1 amide bonds. The summed E-state index contributed by atoms with van der Waals surface area (Å²) in [5.41, 5.74) is 1.72. The highest BCUT2D eigenvalue weighted by Crippen LogP contribution is 2.58. The van der Waals surface area contributed by atoms with Gasteiger partial charge < -0.3 is 23.5 Å². The molecule has 2 aromatic heterocycles. The van der Waals surface area contributed by atoms with E-state index in [1.165, 1.54) is 13.3 Å². The molecule has 0 saturated carbocycles. The fraction of sp³-hybridized carbons (Fsp3) is 0.419. The number of amides is 1. The molecule has 50 heavy (non-hydrogen) atoms. The first-order chi connectivity index (χ1) is 24.2. The van der Waals surface area contributed by atoms with Gasteiger partial charge in [-0.3, -0.25) is 34.1 Å². The van der Waals surface area contributed by atoms with Gasteiger partial charge in [-0.1, -0.05) is 35.9 Å². The lowest BCUT2D eigenvalue weighted by molar-refractivity contribution is -0.213. The zero-order valence-corrected chi connectivity index (χ0v) is 29.1. The number of hydrogen-bond acceptors (Lipinski definition) is 15. The number of para-hydroxylation sites is 1. The summed E-state index contributed by atoms with van der Waals surface area (Å²) < 4.78 is 45.2. The van der Waals surface area contributed by atoms with Gasteiger partial charge in [0.25, 0.3) is 0 Å². The summed E-state index contributed by atoms with van der Waals surface area (Å²) in [4.78, 5) is 25.7. The predicted octanol–water partition coefficient (Wildman–Crippen LogP) is 5.17. The van der Waals surface area contributed by atoms with Crippen LogP contribution in [0, 0.1) is 0 Å². The van der Waals surface area contributed by atoms with Crippen molar-refractivity contribution in [2.45, 2.75) is 63.4 Å². The van der Waals surface area contributed by atoms with Crippen molar-refractivity contribution < 1.29 is 47.7 Å². The van der Waals surface area contributed by atoms with Crippen LogP contribution in [0.1, 0.15) is 38.0 Å². The monoisotopic (exact) mass is 748 g/mol. The van der Waals surface area contributed by atoms with Gasteiger partial charge in [-0.05, 0) is 49.1 Å². The smallest absolute Gasteiger partial charge is 0.381 e. The van der Waals surface area contributed by atoms with Gasteiger partial charge >= 0.3 is 6.72 Å². The second-order valence-electron chi connectivity index (χ2n) is 11.7. The van der Waals surface area contributed by atoms with E-state index in [0.717, 1.165) is 18.4 Å². The number of ether oxygens (including phenoxy) is 4. The van der Waals surface area contributed by atoms with E-state index >= 15 is 0 Å². The Hall–Kier alpha value is -3.48. The highest BCUT2D eigenvalue weighted by Gasteiger charge is 2.54. The molecule has 3 saturated heterocycles. The topological polar surface area (TPSA) is 181 Å². The molecule has 16 nitrogen and oxygen atoms in total. The quantitative estimate of drug-likeness (QED) is 0.135. The molecule has 7 rings (SSSR count). The molecule has 2 aromatic carbocycles. The van der Waals surface area contributed by atoms with Gasteiger partial charge in [0.15, 0.2) is 23.7 Å². The van der Waals surface area contributed by atoms with Crippen molar-refractivity contribution in [3.63, 3.8) is 0 Å². The maximum atomic E-state index is 12.1. The van der Waals surface area contributed by atoms with Crippen LogP contribution in [0.15, 0.2) is 54.9 Å². The third kappa shape index (κ3) is 7.72. The Morgan fingerprint density at radius 3 is 2.74 bits per heavy atom. The van der Waals surface area contributed by atoms with Crippen LogP contribution in [-0.4, -0.2) is 80.3 Å². The van der Waals surface area contributed by atoms with Crippen molar-refractivity contribution >= 4 is 58.8 Å². The average molecular weight is 749 g/mol. The maximum absolute atomic E-state index is 12.1. The van der Waals surface area contributed by atoms with Gasteiger partial charge in [0.05, 0.1) is 30.3 Å². The third-order valence-corrected chi connectivity index (χ3v) is 10.7. The fourth-order valence-electron chi connectivity index (χ4n) is 5.82. The Kier molecular flexibility index (Phi) is 10.5. The fourth-order valence-corrected chi connectivity index (χ4v) is 8.21. The molecular weight excluding hydrogens is 715 g/mol. The van der Waals surface area contributed by atoms with E-state index in [2.05, 4.69) is 20.3 Å². The molecule has 6 atom stereocenters. The molecule has 0 aliphatic carbocycles. The van der Waals surface area contributed by atoms with E-state index in [9.17, 15) is 15.2 Å². The predicted molar refractivity (Wildman–Crippen MR) is 181 cm³/mol. The number of nitrogens with zero attached hydrogens (tertiary/aromatic N) is 5. The van der Waals surface area contributed by atoms with Crippen molar-refractivity contribution in [2.24, 2.45) is 0 Å². The Morgan fingerprint density at radius 2 is 2.00 bits per heavy atom. The number of anilines is 2. The summed E-state index contributed by atoms with van der Waals surface area (Å²) in [7, 11) is 0. The number of halogens is 1. The minimum Gasteiger partial charge on any atom is -0.476 e. The number of imidazole rings is 1. The number of nitrogens with one attached hydrogen (secondary N) is 1. The van der Waals surface area contributed by atoms with Crippen LogP contribution in [0.25, 0.3) is 11.2 Å². The highest BCUT2D eigenvalue weighted by atomic mass is 35.5. The normalized spacial score (nSPS) is 26.4. The van der Waals surface area contributed by atoms with Gasteiger partial charge in [0.2, 0.25) is 17.7 Å². The standard InChI is InChI=1S/C31H34ClN6O10PS/c1-18(39)34-31-35-28-25(29(36-31)43-15-13-19-9-11-20(12-10-19)38(40)41)33-17-37(28)30-27(46-24-8-4-5-14-42-24)26-23(45-30)16-44-49(50,48-26)47-22-7-3-2-6-21(22)32/h2-3,6-7,9-12,17,23-24,26-27,30,40-41H,4-5,8,13-16H2,1H3,(H,34,35,36,39)/t23-,24?,26?,27?,30-,49?/m1/s1. The minimum atomic E-state index is -3.35. The lowest BCUT2D eigenvalue weighted by Gasteiger charge is -2.36. The molecule has 3 aliphatic rings. The second kappa shape index (κ2) is 15.0. The van der Waals surface area contributed by atoms with Crippen LogP contribution < -0.4 is 19.8 Å². The van der Waals surface area contributed by atoms with Crippen LogP contribution in [0.3, 0.4) is 0 Å². The molecule has 0 radical (unpaired) electrons. The summed E-state index contributed by atoms with van der Waals surface area (Å²) in [5, 5.41) is 21.5. The largest absolute Gasteiger partial charge is 0.476 e. The Labute approximate surface area is 296 Å². The van der Waals surface area contributed by atoms with Crippen LogP contribution in [0.5, 0.6) is 11.6 Å². The van der Waals surface area contributed by atoms with E-state index in [4.69, 9.17) is 55.9 Å². The number of carbonyl (C=O) groups is 1. The van der Waals surface area contributed by atoms with E-state index in [1.54, 1.807) is 53.1 Å². The van der Waals surface area contributed by atoms with Gasteiger partial charge in [0.1, 0.15) is 24.1 Å². The van der Waals surface area contributed by atoms with E-state index < -0.39 is 37.5 Å². The molecule has 266 valence electrons. The maximum Gasteiger partial charge on any atom is 0.381 e. The summed E-state index contributed by atoms with van der Waals surface area (Å²) in [6.45, 7) is -1.19. The minimum absolute atomic E-state index is 0.00352. The molecular formula is C31H34ClN6O10PS. The Balaban J connectivity index is 1.18. The van der Waals surface area contributed by atoms with Crippen molar-refractivity contribution in [1.29, 1.82) is 0 Å². The second-order valence-corrected chi connectivity index (χ2v) is 15.0.